The lowest BCUT2D eigenvalue weighted by Crippen LogP contribution is -2.44. The number of piperazine rings is 1. The third-order valence-electron chi connectivity index (χ3n) is 3.55. The molecule has 0 radical (unpaired) electrons. The minimum atomic E-state index is 0.527. The van der Waals surface area contributed by atoms with Crippen LogP contribution in [0.1, 0.15) is 31.3 Å². The fourth-order valence-corrected chi connectivity index (χ4v) is 3.37. The number of likely N-dealkylation sites (N-methyl/N-ethyl adjacent to an activating group) is 1. The highest BCUT2D eigenvalue weighted by Crippen LogP contribution is 2.27. The van der Waals surface area contributed by atoms with E-state index in [0.717, 1.165) is 39.1 Å². The number of anilines is 1. The molecule has 1 saturated heterocycles. The van der Waals surface area contributed by atoms with E-state index in [2.05, 4.69) is 42.9 Å². The summed E-state index contributed by atoms with van der Waals surface area (Å²) in [5.41, 5.74) is 1.27. The molecule has 5 heteroatoms. The van der Waals surface area contributed by atoms with Gasteiger partial charge in [0.1, 0.15) is 0 Å². The summed E-state index contributed by atoms with van der Waals surface area (Å²) >= 11 is 1.87. The van der Waals surface area contributed by atoms with Gasteiger partial charge in [-0.3, -0.25) is 0 Å². The molecule has 1 N–H and O–H groups in total. The summed E-state index contributed by atoms with van der Waals surface area (Å²) in [6.07, 6.45) is 1.03. The van der Waals surface area contributed by atoms with Crippen molar-refractivity contribution in [1.82, 2.24) is 15.2 Å². The summed E-state index contributed by atoms with van der Waals surface area (Å²) < 4.78 is 0. The van der Waals surface area contributed by atoms with Crippen LogP contribution in [0.3, 0.4) is 0 Å². The maximum atomic E-state index is 4.84. The normalized spacial score (nSPS) is 17.4. The molecule has 1 aromatic rings. The summed E-state index contributed by atoms with van der Waals surface area (Å²) in [4.78, 5) is 11.1. The number of aromatic nitrogens is 1. The number of nitrogens with zero attached hydrogens (tertiary/aromatic N) is 3. The van der Waals surface area contributed by atoms with Crippen molar-refractivity contribution in [3.63, 3.8) is 0 Å². The van der Waals surface area contributed by atoms with Gasteiger partial charge in [-0.1, -0.05) is 20.8 Å². The molecular weight excluding hydrogens is 256 g/mol. The van der Waals surface area contributed by atoms with E-state index in [1.165, 1.54) is 15.7 Å². The van der Waals surface area contributed by atoms with Crippen molar-refractivity contribution >= 4 is 16.5 Å². The zero-order chi connectivity index (χ0) is 13.8. The van der Waals surface area contributed by atoms with Gasteiger partial charge in [0.15, 0.2) is 5.13 Å². The molecule has 0 unspecified atom stereocenters. The first-order valence-electron chi connectivity index (χ1n) is 7.25. The highest BCUT2D eigenvalue weighted by molar-refractivity contribution is 7.15. The third-order valence-corrected chi connectivity index (χ3v) is 4.70. The molecule has 0 atom stereocenters. The number of hydrogen-bond donors (Lipinski definition) is 1. The average Bonchev–Trinajstić information content (AvgIpc) is 2.80. The Balaban J connectivity index is 2.05. The lowest BCUT2D eigenvalue weighted by atomic mass is 10.3. The van der Waals surface area contributed by atoms with Crippen LogP contribution in [0.25, 0.3) is 0 Å². The number of thiazole rings is 1. The predicted molar refractivity (Wildman–Crippen MR) is 83.2 cm³/mol. The number of rotatable bonds is 5. The van der Waals surface area contributed by atoms with Crippen LogP contribution in [0.15, 0.2) is 0 Å². The SMILES string of the molecule is CCc1nc(N2CCN(C)CC2)sc1CNC(C)C. The molecule has 2 rings (SSSR count). The molecule has 1 fully saturated rings. The van der Waals surface area contributed by atoms with E-state index in [-0.39, 0.29) is 0 Å². The second-order valence-corrected chi connectivity index (χ2v) is 6.61. The second kappa shape index (κ2) is 6.68. The fourth-order valence-electron chi connectivity index (χ4n) is 2.21. The summed E-state index contributed by atoms with van der Waals surface area (Å²) in [5.74, 6) is 0. The molecule has 1 aliphatic heterocycles. The van der Waals surface area contributed by atoms with E-state index in [0.29, 0.717) is 6.04 Å². The van der Waals surface area contributed by atoms with Gasteiger partial charge >= 0.3 is 0 Å². The van der Waals surface area contributed by atoms with Crippen molar-refractivity contribution in [1.29, 1.82) is 0 Å². The Bertz CT molecular complexity index is 394. The Labute approximate surface area is 120 Å². The molecule has 2 heterocycles. The Morgan fingerprint density at radius 3 is 2.53 bits per heavy atom. The number of aryl methyl sites for hydroxylation is 1. The molecule has 1 aliphatic rings. The van der Waals surface area contributed by atoms with Gasteiger partial charge in [0.25, 0.3) is 0 Å². The first-order chi connectivity index (χ1) is 9.10. The zero-order valence-corrected chi connectivity index (χ0v) is 13.4. The maximum absolute atomic E-state index is 4.84. The molecule has 19 heavy (non-hydrogen) atoms. The monoisotopic (exact) mass is 282 g/mol. The number of nitrogens with one attached hydrogen (secondary N) is 1. The molecule has 0 spiro atoms. The van der Waals surface area contributed by atoms with Crippen LogP contribution < -0.4 is 10.2 Å². The van der Waals surface area contributed by atoms with Gasteiger partial charge < -0.3 is 15.1 Å². The minimum absolute atomic E-state index is 0.527. The van der Waals surface area contributed by atoms with Crippen LogP contribution in [-0.4, -0.2) is 49.2 Å². The van der Waals surface area contributed by atoms with Crippen LogP contribution in [0.5, 0.6) is 0 Å². The Morgan fingerprint density at radius 2 is 1.95 bits per heavy atom. The topological polar surface area (TPSA) is 31.4 Å². The zero-order valence-electron chi connectivity index (χ0n) is 12.6. The van der Waals surface area contributed by atoms with Crippen LogP contribution in [0.4, 0.5) is 5.13 Å². The molecule has 0 aliphatic carbocycles. The van der Waals surface area contributed by atoms with E-state index < -0.39 is 0 Å². The first-order valence-corrected chi connectivity index (χ1v) is 8.07. The van der Waals surface area contributed by atoms with E-state index in [1.807, 2.05) is 11.3 Å². The standard InChI is InChI=1S/C14H26N4S/c1-5-12-13(10-15-11(2)3)19-14(16-12)18-8-6-17(4)7-9-18/h11,15H,5-10H2,1-4H3. The lowest BCUT2D eigenvalue weighted by Gasteiger charge is -2.32. The third kappa shape index (κ3) is 3.91. The smallest absolute Gasteiger partial charge is 0.185 e. The molecule has 1 aromatic heterocycles. The van der Waals surface area contributed by atoms with Crippen LogP contribution >= 0.6 is 11.3 Å². The van der Waals surface area contributed by atoms with Crippen molar-refractivity contribution in [3.8, 4) is 0 Å². The summed E-state index contributed by atoms with van der Waals surface area (Å²) in [5, 5.41) is 4.72. The van der Waals surface area contributed by atoms with Gasteiger partial charge in [0, 0.05) is 43.6 Å². The molecule has 0 amide bonds. The summed E-state index contributed by atoms with van der Waals surface area (Å²) in [7, 11) is 2.19. The van der Waals surface area contributed by atoms with Gasteiger partial charge in [-0.2, -0.15) is 0 Å². The summed E-state index contributed by atoms with van der Waals surface area (Å²) in [6.45, 7) is 12.0. The molecule has 0 aromatic carbocycles. The van der Waals surface area contributed by atoms with Crippen molar-refractivity contribution < 1.29 is 0 Å². The van der Waals surface area contributed by atoms with Gasteiger partial charge in [-0.25, -0.2) is 4.98 Å². The second-order valence-electron chi connectivity index (χ2n) is 5.55. The van der Waals surface area contributed by atoms with Crippen molar-refractivity contribution in [2.45, 2.75) is 39.8 Å². The van der Waals surface area contributed by atoms with Gasteiger partial charge in [-0.15, -0.1) is 11.3 Å². The Kier molecular flexibility index (Phi) is 5.19. The molecule has 0 bridgehead atoms. The molecule has 108 valence electrons. The molecular formula is C14H26N4S. The van der Waals surface area contributed by atoms with Gasteiger partial charge in [0.2, 0.25) is 0 Å². The van der Waals surface area contributed by atoms with Crippen LogP contribution in [-0.2, 0) is 13.0 Å². The van der Waals surface area contributed by atoms with E-state index in [4.69, 9.17) is 4.98 Å². The van der Waals surface area contributed by atoms with E-state index >= 15 is 0 Å². The highest BCUT2D eigenvalue weighted by Gasteiger charge is 2.19. The molecule has 0 saturated carbocycles. The predicted octanol–water partition coefficient (Wildman–Crippen LogP) is 1.96. The van der Waals surface area contributed by atoms with Crippen molar-refractivity contribution in [3.05, 3.63) is 10.6 Å². The largest absolute Gasteiger partial charge is 0.346 e. The lowest BCUT2D eigenvalue weighted by molar-refractivity contribution is 0.312. The Hall–Kier alpha value is -0.650. The van der Waals surface area contributed by atoms with Gasteiger partial charge in [-0.05, 0) is 13.5 Å². The fraction of sp³-hybridized carbons (Fsp3) is 0.786. The van der Waals surface area contributed by atoms with Crippen LogP contribution in [0, 0.1) is 0 Å². The van der Waals surface area contributed by atoms with Crippen LogP contribution in [0.2, 0.25) is 0 Å². The maximum Gasteiger partial charge on any atom is 0.185 e. The minimum Gasteiger partial charge on any atom is -0.346 e. The van der Waals surface area contributed by atoms with Crippen molar-refractivity contribution in [2.75, 3.05) is 38.1 Å². The van der Waals surface area contributed by atoms with Crippen molar-refractivity contribution in [2.24, 2.45) is 0 Å². The first kappa shape index (κ1) is 14.8. The summed E-state index contributed by atoms with van der Waals surface area (Å²) in [6, 6.07) is 0.527. The number of hydrogen-bond acceptors (Lipinski definition) is 5. The van der Waals surface area contributed by atoms with Gasteiger partial charge in [0.05, 0.1) is 5.69 Å². The Morgan fingerprint density at radius 1 is 1.26 bits per heavy atom. The average molecular weight is 282 g/mol. The van der Waals surface area contributed by atoms with E-state index in [9.17, 15) is 0 Å². The quantitative estimate of drug-likeness (QED) is 0.894. The highest BCUT2D eigenvalue weighted by atomic mass is 32.1. The molecule has 4 nitrogen and oxygen atoms in total. The van der Waals surface area contributed by atoms with E-state index in [1.54, 1.807) is 0 Å².